The van der Waals surface area contributed by atoms with Gasteiger partial charge in [-0.2, -0.15) is 5.10 Å². The van der Waals surface area contributed by atoms with E-state index in [1.165, 1.54) is 6.39 Å². The Kier molecular flexibility index (Phi) is 4.74. The number of nitrogens with zero attached hydrogens (tertiary/aromatic N) is 3. The summed E-state index contributed by atoms with van der Waals surface area (Å²) in [6.07, 6.45) is 3.11. The Balaban J connectivity index is 2.04. The molecule has 2 heterocycles. The molecule has 21 heavy (non-hydrogen) atoms. The molecule has 7 heteroatoms. The summed E-state index contributed by atoms with van der Waals surface area (Å²) < 4.78 is 12.0. The van der Waals surface area contributed by atoms with Crippen LogP contribution in [0.25, 0.3) is 0 Å². The summed E-state index contributed by atoms with van der Waals surface area (Å²) in [6.45, 7) is 6.48. The van der Waals surface area contributed by atoms with Crippen LogP contribution in [0.3, 0.4) is 0 Å². The normalized spacial score (nSPS) is 12.4. The van der Waals surface area contributed by atoms with Crippen LogP contribution in [0.2, 0.25) is 0 Å². The van der Waals surface area contributed by atoms with Crippen molar-refractivity contribution in [2.45, 2.75) is 33.4 Å². The van der Waals surface area contributed by atoms with Gasteiger partial charge in [0, 0.05) is 13.3 Å². The van der Waals surface area contributed by atoms with Crippen molar-refractivity contribution in [1.29, 1.82) is 0 Å². The van der Waals surface area contributed by atoms with Gasteiger partial charge in [0.15, 0.2) is 6.39 Å². The van der Waals surface area contributed by atoms with Crippen LogP contribution < -0.4 is 5.32 Å². The number of hydrogen-bond acceptors (Lipinski definition) is 5. The summed E-state index contributed by atoms with van der Waals surface area (Å²) >= 11 is 0. The van der Waals surface area contributed by atoms with Crippen LogP contribution in [0.4, 0.5) is 0 Å². The largest absolute Gasteiger partial charge is 0.446 e. The highest BCUT2D eigenvalue weighted by molar-refractivity contribution is 5.94. The van der Waals surface area contributed by atoms with E-state index in [-0.39, 0.29) is 11.9 Å². The van der Waals surface area contributed by atoms with E-state index < -0.39 is 0 Å². The zero-order valence-electron chi connectivity index (χ0n) is 12.7. The number of aryl methyl sites for hydroxylation is 2. The first kappa shape index (κ1) is 15.2. The van der Waals surface area contributed by atoms with Gasteiger partial charge in [-0.05, 0) is 20.8 Å². The maximum Gasteiger partial charge on any atom is 0.255 e. The number of methoxy groups -OCH3 is 1. The van der Waals surface area contributed by atoms with E-state index >= 15 is 0 Å². The SMILES string of the molecule is COCC(C)n1cc(C(=O)NCc2ocnc2C)c(C)n1. The predicted octanol–water partition coefficient (Wildman–Crippen LogP) is 1.63. The average Bonchev–Trinajstić information content (AvgIpc) is 3.02. The summed E-state index contributed by atoms with van der Waals surface area (Å²) in [5.41, 5.74) is 2.01. The molecule has 0 aliphatic rings. The van der Waals surface area contributed by atoms with Gasteiger partial charge in [-0.3, -0.25) is 9.48 Å². The number of hydrogen-bond donors (Lipinski definition) is 1. The van der Waals surface area contributed by atoms with Gasteiger partial charge in [0.2, 0.25) is 0 Å². The average molecular weight is 292 g/mol. The maximum atomic E-state index is 12.2. The Morgan fingerprint density at radius 2 is 2.24 bits per heavy atom. The minimum atomic E-state index is -0.181. The minimum Gasteiger partial charge on any atom is -0.446 e. The first-order valence-corrected chi connectivity index (χ1v) is 6.74. The maximum absolute atomic E-state index is 12.2. The van der Waals surface area contributed by atoms with Gasteiger partial charge in [-0.15, -0.1) is 0 Å². The van der Waals surface area contributed by atoms with E-state index in [4.69, 9.17) is 9.15 Å². The zero-order valence-corrected chi connectivity index (χ0v) is 12.7. The van der Waals surface area contributed by atoms with E-state index in [0.717, 1.165) is 5.69 Å². The quantitative estimate of drug-likeness (QED) is 0.875. The lowest BCUT2D eigenvalue weighted by Gasteiger charge is -2.09. The molecule has 114 valence electrons. The van der Waals surface area contributed by atoms with Crippen LogP contribution in [0.15, 0.2) is 17.0 Å². The topological polar surface area (TPSA) is 82.2 Å². The molecule has 0 fully saturated rings. The molecule has 0 saturated heterocycles. The second-order valence-corrected chi connectivity index (χ2v) is 4.96. The number of carbonyl (C=O) groups is 1. The van der Waals surface area contributed by atoms with Crippen molar-refractivity contribution in [3.05, 3.63) is 35.3 Å². The second kappa shape index (κ2) is 6.53. The van der Waals surface area contributed by atoms with Crippen LogP contribution in [0.1, 0.15) is 40.5 Å². The third-order valence-corrected chi connectivity index (χ3v) is 3.28. The summed E-state index contributed by atoms with van der Waals surface area (Å²) in [4.78, 5) is 16.2. The van der Waals surface area contributed by atoms with Crippen molar-refractivity contribution in [2.75, 3.05) is 13.7 Å². The highest BCUT2D eigenvalue weighted by Gasteiger charge is 2.16. The number of carbonyl (C=O) groups excluding carboxylic acids is 1. The predicted molar refractivity (Wildman–Crippen MR) is 76.0 cm³/mol. The molecule has 1 atom stereocenters. The molecule has 2 aromatic rings. The van der Waals surface area contributed by atoms with Crippen molar-refractivity contribution in [3.63, 3.8) is 0 Å². The lowest BCUT2D eigenvalue weighted by molar-refractivity contribution is 0.0947. The van der Waals surface area contributed by atoms with Gasteiger partial charge in [0.25, 0.3) is 5.91 Å². The highest BCUT2D eigenvalue weighted by atomic mass is 16.5. The Morgan fingerprint density at radius 1 is 1.48 bits per heavy atom. The van der Waals surface area contributed by atoms with Crippen LogP contribution in [-0.4, -0.2) is 34.4 Å². The van der Waals surface area contributed by atoms with Crippen LogP contribution in [0, 0.1) is 13.8 Å². The molecule has 0 aliphatic heterocycles. The number of amides is 1. The van der Waals surface area contributed by atoms with E-state index in [9.17, 15) is 4.79 Å². The molecule has 1 unspecified atom stereocenters. The number of ether oxygens (including phenoxy) is 1. The van der Waals surface area contributed by atoms with E-state index in [0.29, 0.717) is 30.2 Å². The molecular formula is C14H20N4O3. The fourth-order valence-corrected chi connectivity index (χ4v) is 2.00. The molecule has 0 radical (unpaired) electrons. The first-order chi connectivity index (χ1) is 10.0. The summed E-state index contributed by atoms with van der Waals surface area (Å²) in [7, 11) is 1.64. The standard InChI is InChI=1S/C14H20N4O3/c1-9(7-20-4)18-6-12(10(2)17-18)14(19)15-5-13-11(3)16-8-21-13/h6,8-9H,5,7H2,1-4H3,(H,15,19). The third kappa shape index (κ3) is 3.49. The smallest absolute Gasteiger partial charge is 0.255 e. The van der Waals surface area contributed by atoms with Crippen LogP contribution in [0.5, 0.6) is 0 Å². The Hall–Kier alpha value is -2.15. The molecule has 0 spiro atoms. The Morgan fingerprint density at radius 3 is 2.86 bits per heavy atom. The first-order valence-electron chi connectivity index (χ1n) is 6.74. The zero-order chi connectivity index (χ0) is 15.4. The van der Waals surface area contributed by atoms with Crippen molar-refractivity contribution < 1.29 is 13.9 Å². The van der Waals surface area contributed by atoms with Gasteiger partial charge in [-0.25, -0.2) is 4.98 Å². The van der Waals surface area contributed by atoms with Crippen LogP contribution in [-0.2, 0) is 11.3 Å². The lowest BCUT2D eigenvalue weighted by atomic mass is 10.2. The molecule has 0 aromatic carbocycles. The number of aromatic nitrogens is 3. The summed E-state index contributed by atoms with van der Waals surface area (Å²) in [6, 6.07) is 0.0757. The molecule has 0 aliphatic carbocycles. The molecule has 1 N–H and O–H groups in total. The van der Waals surface area contributed by atoms with Crippen molar-refractivity contribution >= 4 is 5.91 Å². The fraction of sp³-hybridized carbons (Fsp3) is 0.500. The van der Waals surface area contributed by atoms with Gasteiger partial charge < -0.3 is 14.5 Å². The second-order valence-electron chi connectivity index (χ2n) is 4.96. The molecular weight excluding hydrogens is 272 g/mol. The number of rotatable bonds is 6. The third-order valence-electron chi connectivity index (χ3n) is 3.28. The summed E-state index contributed by atoms with van der Waals surface area (Å²) in [5, 5.41) is 7.16. The molecule has 2 aromatic heterocycles. The van der Waals surface area contributed by atoms with E-state index in [1.54, 1.807) is 18.0 Å². The van der Waals surface area contributed by atoms with Gasteiger partial charge in [0.1, 0.15) is 5.76 Å². The lowest BCUT2D eigenvalue weighted by Crippen LogP contribution is -2.23. The van der Waals surface area contributed by atoms with Gasteiger partial charge in [-0.1, -0.05) is 0 Å². The molecule has 2 rings (SSSR count). The van der Waals surface area contributed by atoms with E-state index in [2.05, 4.69) is 15.4 Å². The van der Waals surface area contributed by atoms with Crippen molar-refractivity contribution in [2.24, 2.45) is 0 Å². The van der Waals surface area contributed by atoms with Crippen molar-refractivity contribution in [3.8, 4) is 0 Å². The fourth-order valence-electron chi connectivity index (χ4n) is 2.00. The van der Waals surface area contributed by atoms with Crippen molar-refractivity contribution in [1.82, 2.24) is 20.1 Å². The monoisotopic (exact) mass is 292 g/mol. The van der Waals surface area contributed by atoms with E-state index in [1.807, 2.05) is 20.8 Å². The Labute approximate surface area is 123 Å². The number of nitrogens with one attached hydrogen (secondary N) is 1. The molecule has 1 amide bonds. The molecule has 0 saturated carbocycles. The number of oxazole rings is 1. The summed E-state index contributed by atoms with van der Waals surface area (Å²) in [5.74, 6) is 0.473. The minimum absolute atomic E-state index is 0.0757. The molecule has 7 nitrogen and oxygen atoms in total. The highest BCUT2D eigenvalue weighted by Crippen LogP contribution is 2.12. The molecule has 0 bridgehead atoms. The Bertz CT molecular complexity index is 618. The van der Waals surface area contributed by atoms with Gasteiger partial charge >= 0.3 is 0 Å². The van der Waals surface area contributed by atoms with Crippen LogP contribution >= 0.6 is 0 Å². The van der Waals surface area contributed by atoms with Gasteiger partial charge in [0.05, 0.1) is 36.1 Å².